The molecular weight excluding hydrogens is 272 g/mol. The predicted octanol–water partition coefficient (Wildman–Crippen LogP) is 3.62. The number of aryl methyl sites for hydroxylation is 1. The van der Waals surface area contributed by atoms with Crippen LogP contribution in [0.25, 0.3) is 11.4 Å². The molecule has 2 rings (SSSR count). The Labute approximate surface area is 123 Å². The standard InChI is InChI=1S/C16H19F2N3/c1-10-5-14(9-19-16(2,3)4)21-15(20-10)11-6-12(17)8-13(18)7-11/h5-8,19H,9H2,1-4H3. The molecule has 0 aliphatic heterocycles. The van der Waals surface area contributed by atoms with Crippen LogP contribution < -0.4 is 5.32 Å². The summed E-state index contributed by atoms with van der Waals surface area (Å²) in [5.41, 5.74) is 1.85. The Morgan fingerprint density at radius 1 is 1.00 bits per heavy atom. The SMILES string of the molecule is Cc1cc(CNC(C)(C)C)nc(-c2cc(F)cc(F)c2)n1. The van der Waals surface area contributed by atoms with Crippen LogP contribution in [0.5, 0.6) is 0 Å². The second-order valence-corrected chi connectivity index (χ2v) is 6.09. The van der Waals surface area contributed by atoms with Crippen LogP contribution in [-0.4, -0.2) is 15.5 Å². The minimum Gasteiger partial charge on any atom is -0.306 e. The third-order valence-electron chi connectivity index (χ3n) is 2.83. The molecule has 0 fully saturated rings. The van der Waals surface area contributed by atoms with Crippen molar-refractivity contribution in [2.24, 2.45) is 0 Å². The lowest BCUT2D eigenvalue weighted by Gasteiger charge is -2.20. The average Bonchev–Trinajstić information content (AvgIpc) is 2.34. The van der Waals surface area contributed by atoms with Gasteiger partial charge in [0, 0.05) is 29.4 Å². The van der Waals surface area contributed by atoms with E-state index in [1.807, 2.05) is 13.0 Å². The van der Waals surface area contributed by atoms with E-state index >= 15 is 0 Å². The van der Waals surface area contributed by atoms with Crippen molar-refractivity contribution in [3.05, 3.63) is 47.3 Å². The topological polar surface area (TPSA) is 37.8 Å². The fourth-order valence-corrected chi connectivity index (χ4v) is 1.89. The highest BCUT2D eigenvalue weighted by molar-refractivity contribution is 5.55. The minimum atomic E-state index is -0.635. The van der Waals surface area contributed by atoms with Crippen molar-refractivity contribution in [3.63, 3.8) is 0 Å². The van der Waals surface area contributed by atoms with Crippen LogP contribution >= 0.6 is 0 Å². The van der Waals surface area contributed by atoms with E-state index in [1.54, 1.807) is 0 Å². The smallest absolute Gasteiger partial charge is 0.159 e. The highest BCUT2D eigenvalue weighted by Gasteiger charge is 2.12. The average molecular weight is 291 g/mol. The summed E-state index contributed by atoms with van der Waals surface area (Å²) in [7, 11) is 0. The van der Waals surface area contributed by atoms with E-state index in [2.05, 4.69) is 36.1 Å². The molecule has 0 atom stereocenters. The zero-order chi connectivity index (χ0) is 15.6. The first-order valence-corrected chi connectivity index (χ1v) is 6.79. The zero-order valence-electron chi connectivity index (χ0n) is 12.7. The Kier molecular flexibility index (Phi) is 4.32. The van der Waals surface area contributed by atoms with E-state index in [0.29, 0.717) is 17.9 Å². The van der Waals surface area contributed by atoms with Gasteiger partial charge in [0.1, 0.15) is 11.6 Å². The number of aromatic nitrogens is 2. The first-order valence-electron chi connectivity index (χ1n) is 6.79. The fraction of sp³-hybridized carbons (Fsp3) is 0.375. The molecule has 0 unspecified atom stereocenters. The Bertz CT molecular complexity index is 628. The molecule has 0 bridgehead atoms. The second kappa shape index (κ2) is 5.85. The molecule has 112 valence electrons. The van der Waals surface area contributed by atoms with Gasteiger partial charge in [-0.05, 0) is 45.9 Å². The summed E-state index contributed by atoms with van der Waals surface area (Å²) in [5.74, 6) is -0.937. The number of benzene rings is 1. The summed E-state index contributed by atoms with van der Waals surface area (Å²) >= 11 is 0. The van der Waals surface area contributed by atoms with Crippen LogP contribution in [0.1, 0.15) is 32.2 Å². The van der Waals surface area contributed by atoms with Gasteiger partial charge in [-0.2, -0.15) is 0 Å². The first kappa shape index (κ1) is 15.5. The Hall–Kier alpha value is -1.88. The maximum Gasteiger partial charge on any atom is 0.159 e. The molecule has 1 aromatic carbocycles. The summed E-state index contributed by atoms with van der Waals surface area (Å²) in [6.07, 6.45) is 0. The molecule has 1 aromatic heterocycles. The van der Waals surface area contributed by atoms with Crippen LogP contribution in [-0.2, 0) is 6.54 Å². The fourth-order valence-electron chi connectivity index (χ4n) is 1.89. The number of hydrogen-bond donors (Lipinski definition) is 1. The van der Waals surface area contributed by atoms with Gasteiger partial charge in [0.15, 0.2) is 5.82 Å². The quantitative estimate of drug-likeness (QED) is 0.938. The Morgan fingerprint density at radius 2 is 1.62 bits per heavy atom. The molecule has 0 aliphatic rings. The van der Waals surface area contributed by atoms with Gasteiger partial charge in [-0.1, -0.05) is 0 Å². The van der Waals surface area contributed by atoms with Gasteiger partial charge in [-0.3, -0.25) is 0 Å². The van der Waals surface area contributed by atoms with Gasteiger partial charge < -0.3 is 5.32 Å². The molecule has 21 heavy (non-hydrogen) atoms. The van der Waals surface area contributed by atoms with Crippen molar-refractivity contribution in [2.45, 2.75) is 39.8 Å². The Balaban J connectivity index is 2.34. The maximum atomic E-state index is 13.3. The van der Waals surface area contributed by atoms with Crippen LogP contribution in [0.15, 0.2) is 24.3 Å². The van der Waals surface area contributed by atoms with Crippen LogP contribution in [0.4, 0.5) is 8.78 Å². The highest BCUT2D eigenvalue weighted by Crippen LogP contribution is 2.19. The number of rotatable bonds is 3. The molecule has 0 aliphatic carbocycles. The first-order chi connectivity index (χ1) is 9.73. The van der Waals surface area contributed by atoms with Crippen molar-refractivity contribution in [1.29, 1.82) is 0 Å². The van der Waals surface area contributed by atoms with E-state index in [9.17, 15) is 8.78 Å². The van der Waals surface area contributed by atoms with Crippen LogP contribution in [0.2, 0.25) is 0 Å². The molecule has 1 heterocycles. The van der Waals surface area contributed by atoms with E-state index < -0.39 is 11.6 Å². The minimum absolute atomic E-state index is 0.0377. The maximum absolute atomic E-state index is 13.3. The monoisotopic (exact) mass is 291 g/mol. The molecule has 0 saturated carbocycles. The lowest BCUT2D eigenvalue weighted by Crippen LogP contribution is -2.35. The third-order valence-corrected chi connectivity index (χ3v) is 2.83. The molecule has 1 N–H and O–H groups in total. The highest BCUT2D eigenvalue weighted by atomic mass is 19.1. The molecule has 0 spiro atoms. The van der Waals surface area contributed by atoms with Crippen LogP contribution in [0.3, 0.4) is 0 Å². The molecule has 2 aromatic rings. The summed E-state index contributed by atoms with van der Waals surface area (Å²) in [6, 6.07) is 5.16. The van der Waals surface area contributed by atoms with Crippen molar-refractivity contribution in [2.75, 3.05) is 0 Å². The predicted molar refractivity (Wildman–Crippen MR) is 78.7 cm³/mol. The summed E-state index contributed by atoms with van der Waals surface area (Å²) in [6.45, 7) is 8.58. The molecule has 0 radical (unpaired) electrons. The largest absolute Gasteiger partial charge is 0.306 e. The normalized spacial score (nSPS) is 11.7. The van der Waals surface area contributed by atoms with Gasteiger partial charge in [0.2, 0.25) is 0 Å². The van der Waals surface area contributed by atoms with E-state index in [1.165, 1.54) is 12.1 Å². The molecule has 0 amide bonds. The van der Waals surface area contributed by atoms with E-state index in [-0.39, 0.29) is 5.54 Å². The van der Waals surface area contributed by atoms with E-state index in [4.69, 9.17) is 0 Å². The van der Waals surface area contributed by atoms with Gasteiger partial charge in [-0.25, -0.2) is 18.7 Å². The van der Waals surface area contributed by atoms with Gasteiger partial charge >= 0.3 is 0 Å². The summed E-state index contributed by atoms with van der Waals surface area (Å²) in [4.78, 5) is 8.64. The second-order valence-electron chi connectivity index (χ2n) is 6.09. The molecular formula is C16H19F2N3. The molecule has 0 saturated heterocycles. The third kappa shape index (κ3) is 4.56. The van der Waals surface area contributed by atoms with E-state index in [0.717, 1.165) is 17.5 Å². The van der Waals surface area contributed by atoms with Gasteiger partial charge in [-0.15, -0.1) is 0 Å². The lowest BCUT2D eigenvalue weighted by molar-refractivity contribution is 0.421. The lowest BCUT2D eigenvalue weighted by atomic mass is 10.1. The molecule has 3 nitrogen and oxygen atoms in total. The number of nitrogens with one attached hydrogen (secondary N) is 1. The summed E-state index contributed by atoms with van der Waals surface area (Å²) in [5, 5.41) is 3.33. The Morgan fingerprint density at radius 3 is 2.19 bits per heavy atom. The summed E-state index contributed by atoms with van der Waals surface area (Å²) < 4.78 is 26.6. The van der Waals surface area contributed by atoms with Gasteiger partial charge in [0.05, 0.1) is 5.69 Å². The number of hydrogen-bond acceptors (Lipinski definition) is 3. The molecule has 5 heteroatoms. The van der Waals surface area contributed by atoms with Crippen molar-refractivity contribution in [3.8, 4) is 11.4 Å². The van der Waals surface area contributed by atoms with Gasteiger partial charge in [0.25, 0.3) is 0 Å². The number of nitrogens with zero attached hydrogens (tertiary/aromatic N) is 2. The zero-order valence-corrected chi connectivity index (χ0v) is 12.7. The van der Waals surface area contributed by atoms with Crippen LogP contribution in [0, 0.1) is 18.6 Å². The van der Waals surface area contributed by atoms with Crippen molar-refractivity contribution in [1.82, 2.24) is 15.3 Å². The number of halogens is 2. The van der Waals surface area contributed by atoms with Crippen molar-refractivity contribution >= 4 is 0 Å². The van der Waals surface area contributed by atoms with Crippen molar-refractivity contribution < 1.29 is 8.78 Å².